The zero-order chi connectivity index (χ0) is 17.7. The molecule has 134 valence electrons. The number of hydrogen-bond donors (Lipinski definition) is 1. The van der Waals surface area contributed by atoms with Gasteiger partial charge in [0.1, 0.15) is 0 Å². The van der Waals surface area contributed by atoms with Crippen molar-refractivity contribution in [2.45, 2.75) is 31.7 Å². The van der Waals surface area contributed by atoms with E-state index in [0.29, 0.717) is 39.0 Å². The van der Waals surface area contributed by atoms with E-state index in [9.17, 15) is 22.0 Å². The number of hydrogen-bond acceptors (Lipinski definition) is 2. The third-order valence-electron chi connectivity index (χ3n) is 4.31. The minimum atomic E-state index is -2.11. The molecule has 1 saturated heterocycles. The van der Waals surface area contributed by atoms with Crippen molar-refractivity contribution in [3.8, 4) is 0 Å². The summed E-state index contributed by atoms with van der Waals surface area (Å²) in [4.78, 5) is 1.78. The Bertz CT molecular complexity index is 556. The average Bonchev–Trinajstić information content (AvgIpc) is 2.61. The van der Waals surface area contributed by atoms with Gasteiger partial charge in [-0.25, -0.2) is 22.0 Å². The van der Waals surface area contributed by atoms with E-state index in [4.69, 9.17) is 0 Å². The van der Waals surface area contributed by atoms with Crippen LogP contribution in [0.3, 0.4) is 0 Å². The molecule has 0 radical (unpaired) electrons. The van der Waals surface area contributed by atoms with Gasteiger partial charge in [0.15, 0.2) is 23.3 Å². The van der Waals surface area contributed by atoms with Crippen molar-refractivity contribution in [3.05, 3.63) is 47.3 Å². The predicted octanol–water partition coefficient (Wildman–Crippen LogP) is 4.07. The van der Waals surface area contributed by atoms with Crippen LogP contribution >= 0.6 is 0 Å². The number of nitrogens with one attached hydrogen (secondary N) is 1. The first kappa shape index (κ1) is 18.9. The predicted molar refractivity (Wildman–Crippen MR) is 82.1 cm³/mol. The molecule has 1 N–H and O–H groups in total. The van der Waals surface area contributed by atoms with Crippen molar-refractivity contribution in [2.75, 3.05) is 26.2 Å². The summed E-state index contributed by atoms with van der Waals surface area (Å²) < 4.78 is 68.8. The van der Waals surface area contributed by atoms with Crippen molar-refractivity contribution in [1.82, 2.24) is 10.2 Å². The minimum absolute atomic E-state index is 0.326. The number of piperazine rings is 1. The van der Waals surface area contributed by atoms with Crippen molar-refractivity contribution < 1.29 is 22.0 Å². The summed E-state index contributed by atoms with van der Waals surface area (Å²) in [6, 6.07) is -0.832. The average molecular weight is 348 g/mol. The zero-order valence-corrected chi connectivity index (χ0v) is 13.4. The Hall–Kier alpha value is -1.47. The molecule has 1 aromatic carbocycles. The fraction of sp³-hybridized carbons (Fsp3) is 0.529. The van der Waals surface area contributed by atoms with Gasteiger partial charge < -0.3 is 5.32 Å². The van der Waals surface area contributed by atoms with Gasteiger partial charge in [-0.15, -0.1) is 6.58 Å². The molecule has 7 heteroatoms. The summed E-state index contributed by atoms with van der Waals surface area (Å²) in [5.41, 5.74) is -0.716. The van der Waals surface area contributed by atoms with E-state index in [1.54, 1.807) is 11.0 Å². The molecular formula is C17H21F5N2. The highest BCUT2D eigenvalue weighted by Crippen LogP contribution is 2.34. The zero-order valence-electron chi connectivity index (χ0n) is 13.4. The molecule has 2 nitrogen and oxygen atoms in total. The lowest BCUT2D eigenvalue weighted by molar-refractivity contribution is 0.153. The smallest absolute Gasteiger partial charge is 0.200 e. The van der Waals surface area contributed by atoms with Crippen LogP contribution in [0.2, 0.25) is 0 Å². The van der Waals surface area contributed by atoms with Crippen LogP contribution in [0.15, 0.2) is 12.7 Å². The molecule has 1 aliphatic rings. The molecule has 0 unspecified atom stereocenters. The Morgan fingerprint density at radius 2 is 1.46 bits per heavy atom. The summed E-state index contributed by atoms with van der Waals surface area (Å²) in [6.45, 7) is 5.81. The molecule has 1 fully saturated rings. The van der Waals surface area contributed by atoms with Crippen LogP contribution in [-0.2, 0) is 0 Å². The number of unbranched alkanes of at least 4 members (excludes halogenated alkanes) is 2. The van der Waals surface area contributed by atoms with Crippen molar-refractivity contribution in [2.24, 2.45) is 0 Å². The maximum atomic E-state index is 14.2. The van der Waals surface area contributed by atoms with Crippen molar-refractivity contribution in [1.29, 1.82) is 0 Å². The molecule has 0 amide bonds. The molecule has 0 spiro atoms. The lowest BCUT2D eigenvalue weighted by Gasteiger charge is -2.35. The van der Waals surface area contributed by atoms with Gasteiger partial charge in [-0.1, -0.05) is 12.5 Å². The first-order chi connectivity index (χ1) is 11.5. The van der Waals surface area contributed by atoms with Gasteiger partial charge in [-0.3, -0.25) is 4.90 Å². The fourth-order valence-corrected chi connectivity index (χ4v) is 3.04. The number of halogens is 5. The minimum Gasteiger partial charge on any atom is -0.314 e. The van der Waals surface area contributed by atoms with Crippen LogP contribution in [0, 0.1) is 29.1 Å². The molecule has 1 atom stereocenters. The highest BCUT2D eigenvalue weighted by atomic mass is 19.2. The molecule has 2 rings (SSSR count). The Balaban J connectivity index is 2.36. The quantitative estimate of drug-likeness (QED) is 0.263. The van der Waals surface area contributed by atoms with Gasteiger partial charge >= 0.3 is 0 Å². The van der Waals surface area contributed by atoms with Crippen molar-refractivity contribution in [3.63, 3.8) is 0 Å². The molecule has 0 bridgehead atoms. The summed E-state index contributed by atoms with van der Waals surface area (Å²) >= 11 is 0. The van der Waals surface area contributed by atoms with E-state index in [1.165, 1.54) is 0 Å². The Labute approximate surface area is 138 Å². The molecule has 1 aromatic rings. The first-order valence-electron chi connectivity index (χ1n) is 8.06. The summed E-state index contributed by atoms with van der Waals surface area (Å²) in [5.74, 6) is -9.32. The van der Waals surface area contributed by atoms with E-state index in [-0.39, 0.29) is 0 Å². The Kier molecular flexibility index (Phi) is 6.74. The molecular weight excluding hydrogens is 327 g/mol. The molecule has 1 aliphatic heterocycles. The fourth-order valence-electron chi connectivity index (χ4n) is 3.04. The molecule has 0 saturated carbocycles. The third-order valence-corrected chi connectivity index (χ3v) is 4.31. The van der Waals surface area contributed by atoms with Crippen LogP contribution in [0.1, 0.15) is 37.3 Å². The maximum Gasteiger partial charge on any atom is 0.200 e. The van der Waals surface area contributed by atoms with Crippen LogP contribution in [0.5, 0.6) is 0 Å². The third kappa shape index (κ3) is 3.95. The highest BCUT2D eigenvalue weighted by Gasteiger charge is 2.33. The topological polar surface area (TPSA) is 15.3 Å². The van der Waals surface area contributed by atoms with Crippen LogP contribution in [0.4, 0.5) is 22.0 Å². The lowest BCUT2D eigenvalue weighted by Crippen LogP contribution is -2.45. The van der Waals surface area contributed by atoms with Gasteiger partial charge in [-0.2, -0.15) is 0 Å². The summed E-state index contributed by atoms with van der Waals surface area (Å²) in [7, 11) is 0. The second-order valence-electron chi connectivity index (χ2n) is 5.86. The van der Waals surface area contributed by atoms with E-state index in [0.717, 1.165) is 12.8 Å². The van der Waals surface area contributed by atoms with Gasteiger partial charge in [0.25, 0.3) is 0 Å². The second kappa shape index (κ2) is 8.58. The summed E-state index contributed by atoms with van der Waals surface area (Å²) in [6.07, 6.45) is 4.16. The Morgan fingerprint density at radius 1 is 0.917 bits per heavy atom. The Morgan fingerprint density at radius 3 is 2.00 bits per heavy atom. The first-order valence-corrected chi connectivity index (χ1v) is 8.06. The molecule has 0 aromatic heterocycles. The number of rotatable bonds is 7. The maximum absolute atomic E-state index is 14.2. The van der Waals surface area contributed by atoms with Crippen molar-refractivity contribution >= 4 is 0 Å². The normalized spacial score (nSPS) is 17.0. The number of nitrogens with zero attached hydrogens (tertiary/aromatic N) is 1. The van der Waals surface area contributed by atoms with Gasteiger partial charge in [-0.05, 0) is 19.3 Å². The largest absolute Gasteiger partial charge is 0.314 e. The highest BCUT2D eigenvalue weighted by molar-refractivity contribution is 5.27. The van der Waals surface area contributed by atoms with Crippen LogP contribution in [-0.4, -0.2) is 31.1 Å². The number of benzene rings is 1. The van der Waals surface area contributed by atoms with E-state index < -0.39 is 40.7 Å². The van der Waals surface area contributed by atoms with E-state index in [1.807, 2.05) is 0 Å². The van der Waals surface area contributed by atoms with E-state index >= 15 is 0 Å². The SMILES string of the molecule is C=CCCCC[C@H](c1c(F)c(F)c(F)c(F)c1F)N1CCNCC1. The van der Waals surface area contributed by atoms with Gasteiger partial charge in [0.05, 0.1) is 0 Å². The summed E-state index contributed by atoms with van der Waals surface area (Å²) in [5, 5.41) is 3.11. The monoisotopic (exact) mass is 348 g/mol. The number of allylic oxidation sites excluding steroid dienone is 1. The van der Waals surface area contributed by atoms with Crippen LogP contribution < -0.4 is 5.32 Å². The van der Waals surface area contributed by atoms with E-state index in [2.05, 4.69) is 11.9 Å². The molecule has 0 aliphatic carbocycles. The van der Waals surface area contributed by atoms with Gasteiger partial charge in [0.2, 0.25) is 5.82 Å². The second-order valence-corrected chi connectivity index (χ2v) is 5.86. The van der Waals surface area contributed by atoms with Crippen LogP contribution in [0.25, 0.3) is 0 Å². The van der Waals surface area contributed by atoms with Gasteiger partial charge in [0, 0.05) is 37.8 Å². The molecule has 1 heterocycles. The lowest BCUT2D eigenvalue weighted by atomic mass is 9.96. The molecule has 24 heavy (non-hydrogen) atoms. The standard InChI is InChI=1S/C17H21F5N2/c1-2-3-4-5-6-11(24-9-7-23-8-10-24)12-13(18)15(20)17(22)16(21)14(12)19/h2,11,23H,1,3-10H2/t11-/m1/s1.